The van der Waals surface area contributed by atoms with E-state index in [1.807, 2.05) is 19.1 Å². The molecule has 0 spiro atoms. The second kappa shape index (κ2) is 6.59. The number of benzene rings is 1. The molecule has 1 aromatic carbocycles. The van der Waals surface area contributed by atoms with Gasteiger partial charge in [0.1, 0.15) is 5.60 Å². The summed E-state index contributed by atoms with van der Waals surface area (Å²) in [5.41, 5.74) is 6.19. The van der Waals surface area contributed by atoms with Crippen molar-refractivity contribution in [2.45, 2.75) is 38.7 Å². The lowest BCUT2D eigenvalue weighted by atomic mass is 9.80. The van der Waals surface area contributed by atoms with Crippen LogP contribution in [-0.2, 0) is 10.2 Å². The molecule has 1 atom stereocenters. The fourth-order valence-corrected chi connectivity index (χ4v) is 1.97. The third-order valence-electron chi connectivity index (χ3n) is 3.17. The van der Waals surface area contributed by atoms with Crippen LogP contribution in [0, 0.1) is 11.3 Å². The van der Waals surface area contributed by atoms with Crippen LogP contribution in [0.3, 0.4) is 0 Å². The number of ether oxygens (including phenoxy) is 1. The van der Waals surface area contributed by atoms with Gasteiger partial charge in [-0.15, -0.1) is 0 Å². The molecule has 114 valence electrons. The summed E-state index contributed by atoms with van der Waals surface area (Å²) >= 11 is 0. The van der Waals surface area contributed by atoms with E-state index < -0.39 is 17.1 Å². The SMILES string of the molecule is CC(C)(C)OC(=O)NCC(C)(CN)c1ccccc1C#N. The molecule has 0 saturated heterocycles. The van der Waals surface area contributed by atoms with Crippen LogP contribution in [-0.4, -0.2) is 24.8 Å². The summed E-state index contributed by atoms with van der Waals surface area (Å²) < 4.78 is 5.21. The van der Waals surface area contributed by atoms with E-state index in [1.165, 1.54) is 0 Å². The maximum absolute atomic E-state index is 11.8. The smallest absolute Gasteiger partial charge is 0.407 e. The van der Waals surface area contributed by atoms with Gasteiger partial charge >= 0.3 is 6.09 Å². The molecule has 1 aromatic rings. The van der Waals surface area contributed by atoms with Crippen LogP contribution in [0.5, 0.6) is 0 Å². The van der Waals surface area contributed by atoms with Crippen molar-refractivity contribution >= 4 is 6.09 Å². The van der Waals surface area contributed by atoms with Crippen molar-refractivity contribution in [3.8, 4) is 6.07 Å². The third-order valence-corrected chi connectivity index (χ3v) is 3.17. The highest BCUT2D eigenvalue weighted by molar-refractivity contribution is 5.68. The molecule has 0 saturated carbocycles. The summed E-state index contributed by atoms with van der Waals surface area (Å²) in [5.74, 6) is 0. The van der Waals surface area contributed by atoms with Crippen LogP contribution in [0.2, 0.25) is 0 Å². The molecule has 0 radical (unpaired) electrons. The van der Waals surface area contributed by atoms with Gasteiger partial charge in [-0.3, -0.25) is 0 Å². The monoisotopic (exact) mass is 289 g/mol. The lowest BCUT2D eigenvalue weighted by Gasteiger charge is -2.30. The number of hydrogen-bond acceptors (Lipinski definition) is 4. The molecule has 1 amide bonds. The summed E-state index contributed by atoms with van der Waals surface area (Å²) in [6, 6.07) is 9.44. The molecule has 0 aromatic heterocycles. The van der Waals surface area contributed by atoms with Crippen LogP contribution < -0.4 is 11.1 Å². The highest BCUT2D eigenvalue weighted by atomic mass is 16.6. The van der Waals surface area contributed by atoms with Gasteiger partial charge in [-0.2, -0.15) is 5.26 Å². The number of amides is 1. The van der Waals surface area contributed by atoms with Crippen molar-refractivity contribution in [3.05, 3.63) is 35.4 Å². The van der Waals surface area contributed by atoms with Gasteiger partial charge in [-0.05, 0) is 32.4 Å². The minimum Gasteiger partial charge on any atom is -0.444 e. The zero-order valence-corrected chi connectivity index (χ0v) is 13.1. The number of hydrogen-bond donors (Lipinski definition) is 2. The molecular formula is C16H23N3O2. The highest BCUT2D eigenvalue weighted by Gasteiger charge is 2.29. The Hall–Kier alpha value is -2.06. The summed E-state index contributed by atoms with van der Waals surface area (Å²) in [4.78, 5) is 11.8. The van der Waals surface area contributed by atoms with Crippen LogP contribution in [0.4, 0.5) is 4.79 Å². The number of carbonyl (C=O) groups is 1. The van der Waals surface area contributed by atoms with E-state index in [1.54, 1.807) is 32.9 Å². The molecule has 21 heavy (non-hydrogen) atoms. The third kappa shape index (κ3) is 4.76. The fraction of sp³-hybridized carbons (Fsp3) is 0.500. The van der Waals surface area contributed by atoms with Gasteiger partial charge in [0, 0.05) is 18.5 Å². The summed E-state index contributed by atoms with van der Waals surface area (Å²) in [6.07, 6.45) is -0.489. The Balaban J connectivity index is 2.87. The van der Waals surface area contributed by atoms with E-state index in [4.69, 9.17) is 10.5 Å². The molecule has 1 rings (SSSR count). The number of carbonyl (C=O) groups excluding carboxylic acids is 1. The standard InChI is InChI=1S/C16H23N3O2/c1-15(2,3)21-14(20)19-11-16(4,10-18)13-8-6-5-7-12(13)9-17/h5-8H,10-11,18H2,1-4H3,(H,19,20). The van der Waals surface area contributed by atoms with Crippen LogP contribution in [0.25, 0.3) is 0 Å². The molecule has 0 heterocycles. The van der Waals surface area contributed by atoms with E-state index in [0.717, 1.165) is 5.56 Å². The highest BCUT2D eigenvalue weighted by Crippen LogP contribution is 2.25. The average molecular weight is 289 g/mol. The lowest BCUT2D eigenvalue weighted by molar-refractivity contribution is 0.0516. The number of nitrogens with zero attached hydrogens (tertiary/aromatic N) is 1. The number of rotatable bonds is 4. The minimum absolute atomic E-state index is 0.303. The normalized spacial score (nSPS) is 13.9. The summed E-state index contributed by atoms with van der Waals surface area (Å²) in [7, 11) is 0. The van der Waals surface area contributed by atoms with Crippen molar-refractivity contribution in [2.75, 3.05) is 13.1 Å². The first kappa shape index (κ1) is 17.0. The van der Waals surface area contributed by atoms with E-state index in [0.29, 0.717) is 18.7 Å². The Morgan fingerprint density at radius 2 is 1.95 bits per heavy atom. The van der Waals surface area contributed by atoms with E-state index in [2.05, 4.69) is 11.4 Å². The maximum Gasteiger partial charge on any atom is 0.407 e. The van der Waals surface area contributed by atoms with Gasteiger partial charge in [0.05, 0.1) is 11.6 Å². The summed E-state index contributed by atoms with van der Waals surface area (Å²) in [5, 5.41) is 11.9. The number of nitrogens with one attached hydrogen (secondary N) is 1. The molecular weight excluding hydrogens is 266 g/mol. The number of alkyl carbamates (subject to hydrolysis) is 1. The zero-order chi connectivity index (χ0) is 16.1. The second-order valence-electron chi connectivity index (χ2n) is 6.28. The average Bonchev–Trinajstić information content (AvgIpc) is 2.43. The van der Waals surface area contributed by atoms with Gasteiger partial charge in [0.2, 0.25) is 0 Å². The van der Waals surface area contributed by atoms with Crippen LogP contribution in [0.1, 0.15) is 38.8 Å². The Morgan fingerprint density at radius 3 is 2.48 bits per heavy atom. The zero-order valence-electron chi connectivity index (χ0n) is 13.1. The molecule has 0 fully saturated rings. The van der Waals surface area contributed by atoms with E-state index in [9.17, 15) is 10.1 Å². The van der Waals surface area contributed by atoms with Crippen molar-refractivity contribution in [3.63, 3.8) is 0 Å². The van der Waals surface area contributed by atoms with Gasteiger partial charge in [0.25, 0.3) is 0 Å². The van der Waals surface area contributed by atoms with Gasteiger partial charge in [-0.25, -0.2) is 4.79 Å². The van der Waals surface area contributed by atoms with Gasteiger partial charge in [-0.1, -0.05) is 25.1 Å². The Bertz CT molecular complexity index is 543. The minimum atomic E-state index is -0.548. The second-order valence-corrected chi connectivity index (χ2v) is 6.28. The van der Waals surface area contributed by atoms with Crippen molar-refractivity contribution < 1.29 is 9.53 Å². The largest absolute Gasteiger partial charge is 0.444 e. The molecule has 0 aliphatic heterocycles. The molecule has 5 nitrogen and oxygen atoms in total. The van der Waals surface area contributed by atoms with Crippen LogP contribution >= 0.6 is 0 Å². The molecule has 5 heteroatoms. The Kier molecular flexibility index (Phi) is 5.34. The summed E-state index contributed by atoms with van der Waals surface area (Å²) in [6.45, 7) is 7.94. The topological polar surface area (TPSA) is 88.1 Å². The fourth-order valence-electron chi connectivity index (χ4n) is 1.97. The van der Waals surface area contributed by atoms with E-state index >= 15 is 0 Å². The Labute approximate surface area is 126 Å². The molecule has 3 N–H and O–H groups in total. The first-order chi connectivity index (χ1) is 9.72. The van der Waals surface area contributed by atoms with Crippen molar-refractivity contribution in [1.29, 1.82) is 5.26 Å². The van der Waals surface area contributed by atoms with E-state index in [-0.39, 0.29) is 0 Å². The molecule has 1 unspecified atom stereocenters. The molecule has 0 aliphatic rings. The molecule has 0 bridgehead atoms. The number of nitrogens with two attached hydrogens (primary N) is 1. The first-order valence-electron chi connectivity index (χ1n) is 6.88. The van der Waals surface area contributed by atoms with Gasteiger partial charge in [0.15, 0.2) is 0 Å². The number of nitriles is 1. The predicted molar refractivity (Wildman–Crippen MR) is 81.8 cm³/mol. The molecule has 0 aliphatic carbocycles. The lowest BCUT2D eigenvalue weighted by Crippen LogP contribution is -2.45. The van der Waals surface area contributed by atoms with Gasteiger partial charge < -0.3 is 15.8 Å². The first-order valence-corrected chi connectivity index (χ1v) is 6.88. The predicted octanol–water partition coefficient (Wildman–Crippen LogP) is 2.30. The quantitative estimate of drug-likeness (QED) is 0.890. The van der Waals surface area contributed by atoms with Crippen molar-refractivity contribution in [1.82, 2.24) is 5.32 Å². The Morgan fingerprint density at radius 1 is 1.33 bits per heavy atom. The van der Waals surface area contributed by atoms with Crippen LogP contribution in [0.15, 0.2) is 24.3 Å². The van der Waals surface area contributed by atoms with Crippen molar-refractivity contribution in [2.24, 2.45) is 5.73 Å². The maximum atomic E-state index is 11.8.